The van der Waals surface area contributed by atoms with Crippen LogP contribution in [0.3, 0.4) is 0 Å². The van der Waals surface area contributed by atoms with E-state index < -0.39 is 6.04 Å². The summed E-state index contributed by atoms with van der Waals surface area (Å²) in [7, 11) is 0. The predicted octanol–water partition coefficient (Wildman–Crippen LogP) is -0.895. The number of carbonyl (C=O) groups is 3. The van der Waals surface area contributed by atoms with Crippen LogP contribution in [0.25, 0.3) is 0 Å². The molecule has 0 bridgehead atoms. The van der Waals surface area contributed by atoms with E-state index in [1.165, 1.54) is 0 Å². The van der Waals surface area contributed by atoms with Gasteiger partial charge >= 0.3 is 0 Å². The molecule has 1 atom stereocenters. The standard InChI is InChI=1S/C12H22N2O5/c1-10(2)11(7-15)14-12(17)8-19-6-5-18-4-3-13-9-16/h7,9-11H,3-6,8H2,1-2H3,(H,13,16)(H,14,17). The monoisotopic (exact) mass is 274 g/mol. The topological polar surface area (TPSA) is 93.7 Å². The molecule has 0 rings (SSSR count). The van der Waals surface area contributed by atoms with Crippen LogP contribution >= 0.6 is 0 Å². The lowest BCUT2D eigenvalue weighted by Crippen LogP contribution is -2.41. The fourth-order valence-electron chi connectivity index (χ4n) is 1.16. The number of hydrogen-bond acceptors (Lipinski definition) is 5. The van der Waals surface area contributed by atoms with E-state index in [4.69, 9.17) is 9.47 Å². The van der Waals surface area contributed by atoms with E-state index in [0.717, 1.165) is 0 Å². The van der Waals surface area contributed by atoms with Crippen LogP contribution in [0.5, 0.6) is 0 Å². The quantitative estimate of drug-likeness (QED) is 0.355. The summed E-state index contributed by atoms with van der Waals surface area (Å²) in [6, 6.07) is -0.484. The summed E-state index contributed by atoms with van der Waals surface area (Å²) in [5.74, 6) is -0.275. The molecular formula is C12H22N2O5. The Morgan fingerprint density at radius 3 is 2.42 bits per heavy atom. The van der Waals surface area contributed by atoms with Gasteiger partial charge in [0.05, 0.1) is 25.9 Å². The van der Waals surface area contributed by atoms with Gasteiger partial charge in [0, 0.05) is 6.54 Å². The van der Waals surface area contributed by atoms with Crippen molar-refractivity contribution in [1.82, 2.24) is 10.6 Å². The van der Waals surface area contributed by atoms with E-state index in [0.29, 0.717) is 32.5 Å². The summed E-state index contributed by atoms with van der Waals surface area (Å²) in [6.07, 6.45) is 1.31. The van der Waals surface area contributed by atoms with Crippen LogP contribution in [0.15, 0.2) is 0 Å². The van der Waals surface area contributed by atoms with E-state index in [-0.39, 0.29) is 25.0 Å². The largest absolute Gasteiger partial charge is 0.377 e. The lowest BCUT2D eigenvalue weighted by molar-refractivity contribution is -0.129. The third-order valence-electron chi connectivity index (χ3n) is 2.27. The summed E-state index contributed by atoms with van der Waals surface area (Å²) < 4.78 is 10.2. The second-order valence-electron chi connectivity index (χ2n) is 4.21. The molecule has 0 saturated carbocycles. The summed E-state index contributed by atoms with van der Waals surface area (Å²) >= 11 is 0. The average Bonchev–Trinajstić information content (AvgIpc) is 2.38. The fraction of sp³-hybridized carbons (Fsp3) is 0.750. The molecule has 19 heavy (non-hydrogen) atoms. The van der Waals surface area contributed by atoms with Crippen molar-refractivity contribution in [3.63, 3.8) is 0 Å². The molecule has 0 heterocycles. The normalized spacial score (nSPS) is 11.9. The second-order valence-corrected chi connectivity index (χ2v) is 4.21. The Morgan fingerprint density at radius 2 is 1.84 bits per heavy atom. The highest BCUT2D eigenvalue weighted by Gasteiger charge is 2.14. The number of aldehydes is 1. The van der Waals surface area contributed by atoms with Crippen LogP contribution in [0.1, 0.15) is 13.8 Å². The molecule has 1 unspecified atom stereocenters. The predicted molar refractivity (Wildman–Crippen MR) is 68.5 cm³/mol. The lowest BCUT2D eigenvalue weighted by atomic mass is 10.1. The summed E-state index contributed by atoms with van der Waals surface area (Å²) in [5, 5.41) is 5.02. The van der Waals surface area contributed by atoms with Crippen molar-refractivity contribution in [3.8, 4) is 0 Å². The van der Waals surface area contributed by atoms with Crippen molar-refractivity contribution < 1.29 is 23.9 Å². The first kappa shape index (κ1) is 17.5. The van der Waals surface area contributed by atoms with Gasteiger partial charge in [0.1, 0.15) is 12.9 Å². The Labute approximate surface area is 113 Å². The molecule has 0 fully saturated rings. The SMILES string of the molecule is CC(C)C(C=O)NC(=O)COCCOCCNC=O. The zero-order valence-electron chi connectivity index (χ0n) is 11.4. The molecule has 0 aliphatic heterocycles. The lowest BCUT2D eigenvalue weighted by Gasteiger charge is -2.16. The molecule has 0 aromatic rings. The maximum absolute atomic E-state index is 11.4. The van der Waals surface area contributed by atoms with Gasteiger partial charge in [0.2, 0.25) is 12.3 Å². The van der Waals surface area contributed by atoms with Crippen molar-refractivity contribution in [3.05, 3.63) is 0 Å². The van der Waals surface area contributed by atoms with Gasteiger partial charge in [0.15, 0.2) is 0 Å². The molecule has 0 aromatic heterocycles. The third-order valence-corrected chi connectivity index (χ3v) is 2.27. The number of rotatable bonds is 12. The van der Waals surface area contributed by atoms with Gasteiger partial charge in [-0.3, -0.25) is 9.59 Å². The minimum Gasteiger partial charge on any atom is -0.377 e. The Kier molecular flexibility index (Phi) is 10.7. The molecule has 0 spiro atoms. The summed E-state index contributed by atoms with van der Waals surface area (Å²) in [4.78, 5) is 32.0. The van der Waals surface area contributed by atoms with E-state index in [1.807, 2.05) is 13.8 Å². The minimum atomic E-state index is -0.484. The molecular weight excluding hydrogens is 252 g/mol. The van der Waals surface area contributed by atoms with Crippen LogP contribution in [-0.4, -0.2) is 57.6 Å². The zero-order chi connectivity index (χ0) is 14.5. The number of carbonyl (C=O) groups excluding carboxylic acids is 3. The van der Waals surface area contributed by atoms with Gasteiger partial charge < -0.3 is 24.9 Å². The molecule has 0 saturated heterocycles. The van der Waals surface area contributed by atoms with E-state index in [2.05, 4.69) is 10.6 Å². The average molecular weight is 274 g/mol. The van der Waals surface area contributed by atoms with Gasteiger partial charge in [0.25, 0.3) is 0 Å². The van der Waals surface area contributed by atoms with Gasteiger partial charge in [-0.1, -0.05) is 13.8 Å². The van der Waals surface area contributed by atoms with Crippen molar-refractivity contribution >= 4 is 18.6 Å². The first-order valence-corrected chi connectivity index (χ1v) is 6.19. The number of ether oxygens (including phenoxy) is 2. The Balaban J connectivity index is 3.48. The van der Waals surface area contributed by atoms with Gasteiger partial charge in [-0.25, -0.2) is 0 Å². The van der Waals surface area contributed by atoms with Crippen molar-refractivity contribution in [1.29, 1.82) is 0 Å². The molecule has 110 valence electrons. The van der Waals surface area contributed by atoms with E-state index in [1.54, 1.807) is 0 Å². The molecule has 0 aromatic carbocycles. The molecule has 0 aliphatic carbocycles. The van der Waals surface area contributed by atoms with E-state index in [9.17, 15) is 14.4 Å². The third kappa shape index (κ3) is 10.2. The van der Waals surface area contributed by atoms with E-state index >= 15 is 0 Å². The van der Waals surface area contributed by atoms with Gasteiger partial charge in [-0.15, -0.1) is 0 Å². The molecule has 2 N–H and O–H groups in total. The highest BCUT2D eigenvalue weighted by atomic mass is 16.5. The second kappa shape index (κ2) is 11.6. The fourth-order valence-corrected chi connectivity index (χ4v) is 1.16. The van der Waals surface area contributed by atoms with Crippen LogP contribution in [-0.2, 0) is 23.9 Å². The molecule has 7 heteroatoms. The number of amides is 2. The Hall–Kier alpha value is -1.47. The maximum Gasteiger partial charge on any atom is 0.246 e. The van der Waals surface area contributed by atoms with Gasteiger partial charge in [-0.05, 0) is 5.92 Å². The number of nitrogens with one attached hydrogen (secondary N) is 2. The molecule has 0 aliphatic rings. The van der Waals surface area contributed by atoms with Crippen molar-refractivity contribution in [2.45, 2.75) is 19.9 Å². The summed E-state index contributed by atoms with van der Waals surface area (Å²) in [5.41, 5.74) is 0. The molecule has 2 amide bonds. The first-order valence-electron chi connectivity index (χ1n) is 6.19. The highest BCUT2D eigenvalue weighted by Crippen LogP contribution is 1.97. The first-order chi connectivity index (χ1) is 9.11. The van der Waals surface area contributed by atoms with Crippen LogP contribution in [0, 0.1) is 5.92 Å². The smallest absolute Gasteiger partial charge is 0.246 e. The Bertz CT molecular complexity index is 271. The maximum atomic E-state index is 11.4. The summed E-state index contributed by atoms with van der Waals surface area (Å²) in [6.45, 7) is 5.06. The molecule has 7 nitrogen and oxygen atoms in total. The minimum absolute atomic E-state index is 0.0510. The zero-order valence-corrected chi connectivity index (χ0v) is 11.4. The van der Waals surface area contributed by atoms with Crippen molar-refractivity contribution in [2.75, 3.05) is 33.0 Å². The van der Waals surface area contributed by atoms with Crippen LogP contribution < -0.4 is 10.6 Å². The highest BCUT2D eigenvalue weighted by molar-refractivity contribution is 5.80. The van der Waals surface area contributed by atoms with Crippen LogP contribution in [0.2, 0.25) is 0 Å². The van der Waals surface area contributed by atoms with Crippen LogP contribution in [0.4, 0.5) is 0 Å². The van der Waals surface area contributed by atoms with Crippen molar-refractivity contribution in [2.24, 2.45) is 5.92 Å². The Morgan fingerprint density at radius 1 is 1.16 bits per heavy atom. The molecule has 0 radical (unpaired) electrons. The van der Waals surface area contributed by atoms with Gasteiger partial charge in [-0.2, -0.15) is 0 Å². The number of hydrogen-bond donors (Lipinski definition) is 2.